The van der Waals surface area contributed by atoms with Gasteiger partial charge < -0.3 is 25.2 Å². The average Bonchev–Trinajstić information content (AvgIpc) is 3.86. The van der Waals surface area contributed by atoms with E-state index >= 15 is 4.79 Å². The molecule has 1 aliphatic rings. The quantitative estimate of drug-likeness (QED) is 0.0580. The van der Waals surface area contributed by atoms with Crippen molar-refractivity contribution in [3.8, 4) is 0 Å². The lowest BCUT2D eigenvalue weighted by atomic mass is 9.84. The number of likely N-dealkylation sites (tertiary alicyclic amines) is 1. The van der Waals surface area contributed by atoms with Crippen molar-refractivity contribution in [2.75, 3.05) is 45.3 Å². The Bertz CT molecular complexity index is 2290. The number of thioether (sulfide) groups is 2. The van der Waals surface area contributed by atoms with Gasteiger partial charge in [-0.3, -0.25) is 14.4 Å². The number of hydrogen-bond donors (Lipinski definition) is 2. The van der Waals surface area contributed by atoms with Crippen molar-refractivity contribution in [1.29, 1.82) is 0 Å². The maximum Gasteiger partial charge on any atom is 0.329 e. The second-order valence-corrected chi connectivity index (χ2v) is 19.0. The Balaban J connectivity index is 1.19. The minimum atomic E-state index is -1.04. The van der Waals surface area contributed by atoms with Gasteiger partial charge >= 0.3 is 5.97 Å². The largest absolute Gasteiger partial charge is 0.464 e. The summed E-state index contributed by atoms with van der Waals surface area (Å²) in [6.07, 6.45) is 0.977. The van der Waals surface area contributed by atoms with E-state index in [0.717, 1.165) is 33.4 Å². The standard InChI is InChI=1S/C55H58N4O5S2/c1-4-64-53(63)48(40-66-55(44-30-17-8-18-31-44,45-32-19-9-20-33-45)46-34-21-10-22-35-46)57-51(61)49-36-23-37-59(49)52(62)47(56-50(60)38-58(2)3)39-65-54(41-24-11-5-12-25-41,42-26-13-6-14-27-42)43-28-15-7-16-29-43/h5-22,24-35,47-49H,4,23,36-40H2,1-3H3,(H,56,60)(H,57,61). The van der Waals surface area contributed by atoms with Gasteiger partial charge in [-0.05, 0) is 67.2 Å². The minimum absolute atomic E-state index is 0.0783. The molecule has 1 fully saturated rings. The zero-order chi connectivity index (χ0) is 46.4. The highest BCUT2D eigenvalue weighted by Gasteiger charge is 2.44. The van der Waals surface area contributed by atoms with Crippen LogP contribution in [0, 0.1) is 0 Å². The van der Waals surface area contributed by atoms with E-state index in [1.165, 1.54) is 0 Å². The molecule has 0 aromatic heterocycles. The van der Waals surface area contributed by atoms with E-state index in [2.05, 4.69) is 83.4 Å². The normalized spacial score (nSPS) is 14.8. The van der Waals surface area contributed by atoms with Gasteiger partial charge in [-0.1, -0.05) is 182 Å². The summed E-state index contributed by atoms with van der Waals surface area (Å²) < 4.78 is 4.10. The van der Waals surface area contributed by atoms with Crippen LogP contribution in [0.5, 0.6) is 0 Å². The SMILES string of the molecule is CCOC(=O)C(CSC(c1ccccc1)(c1ccccc1)c1ccccc1)NC(=O)C1CCCN1C(=O)C(CSC(c1ccccc1)(c1ccccc1)c1ccccc1)NC(=O)CN(C)C. The molecule has 1 saturated heterocycles. The Kier molecular flexibility index (Phi) is 16.6. The van der Waals surface area contributed by atoms with E-state index < -0.39 is 39.5 Å². The van der Waals surface area contributed by atoms with E-state index in [4.69, 9.17) is 4.74 Å². The lowest BCUT2D eigenvalue weighted by molar-refractivity contribution is -0.148. The van der Waals surface area contributed by atoms with Crippen molar-refractivity contribution >= 4 is 47.2 Å². The molecule has 0 saturated carbocycles. The predicted octanol–water partition coefficient (Wildman–Crippen LogP) is 8.52. The first-order chi connectivity index (χ1) is 32.2. The van der Waals surface area contributed by atoms with E-state index in [1.807, 2.05) is 109 Å². The molecule has 6 aromatic rings. The van der Waals surface area contributed by atoms with E-state index in [0.29, 0.717) is 19.4 Å². The zero-order valence-corrected chi connectivity index (χ0v) is 39.4. The van der Waals surface area contributed by atoms with Gasteiger partial charge in [0.15, 0.2) is 0 Å². The number of amides is 3. The summed E-state index contributed by atoms with van der Waals surface area (Å²) in [6, 6.07) is 58.2. The Morgan fingerprint density at radius 2 is 0.955 bits per heavy atom. The van der Waals surface area contributed by atoms with E-state index in [-0.39, 0.29) is 36.5 Å². The number of likely N-dealkylation sites (N-methyl/N-ethyl adjacent to an activating group) is 1. The molecular weight excluding hydrogens is 861 g/mol. The number of carbonyl (C=O) groups excluding carboxylic acids is 4. The maximum atomic E-state index is 15.1. The van der Waals surface area contributed by atoms with Crippen molar-refractivity contribution in [1.82, 2.24) is 20.4 Å². The molecule has 0 spiro atoms. The molecule has 6 aromatic carbocycles. The lowest BCUT2D eigenvalue weighted by Gasteiger charge is -2.37. The topological polar surface area (TPSA) is 108 Å². The Hall–Kier alpha value is -6.14. The first kappa shape index (κ1) is 47.8. The van der Waals surface area contributed by atoms with Crippen LogP contribution in [0.3, 0.4) is 0 Å². The molecule has 9 nitrogen and oxygen atoms in total. The molecule has 11 heteroatoms. The smallest absolute Gasteiger partial charge is 0.329 e. The number of rotatable bonds is 20. The number of ether oxygens (including phenoxy) is 1. The number of benzene rings is 6. The summed E-state index contributed by atoms with van der Waals surface area (Å²) in [5.74, 6) is -1.28. The summed E-state index contributed by atoms with van der Waals surface area (Å²) >= 11 is 3.13. The molecule has 1 aliphatic heterocycles. The molecule has 7 rings (SSSR count). The fourth-order valence-electron chi connectivity index (χ4n) is 8.84. The van der Waals surface area contributed by atoms with Crippen LogP contribution in [0.1, 0.15) is 53.1 Å². The van der Waals surface area contributed by atoms with Crippen LogP contribution in [0.15, 0.2) is 182 Å². The van der Waals surface area contributed by atoms with Crippen molar-refractivity contribution in [2.24, 2.45) is 0 Å². The molecular formula is C55H58N4O5S2. The average molecular weight is 919 g/mol. The number of esters is 1. The van der Waals surface area contributed by atoms with Gasteiger partial charge in [-0.25, -0.2) is 4.79 Å². The van der Waals surface area contributed by atoms with E-state index in [9.17, 15) is 14.4 Å². The van der Waals surface area contributed by atoms with Crippen LogP contribution in [-0.4, -0.2) is 96.9 Å². The molecule has 0 radical (unpaired) electrons. The highest BCUT2D eigenvalue weighted by atomic mass is 32.2. The summed E-state index contributed by atoms with van der Waals surface area (Å²) in [5, 5.41) is 6.12. The summed E-state index contributed by atoms with van der Waals surface area (Å²) in [6.45, 7) is 2.28. The molecule has 2 N–H and O–H groups in total. The highest BCUT2D eigenvalue weighted by Crippen LogP contribution is 2.50. The summed E-state index contributed by atoms with van der Waals surface area (Å²) in [5.41, 5.74) is 6.13. The van der Waals surface area contributed by atoms with Crippen LogP contribution >= 0.6 is 23.5 Å². The van der Waals surface area contributed by atoms with Gasteiger partial charge in [-0.15, -0.1) is 23.5 Å². The van der Waals surface area contributed by atoms with Crippen molar-refractivity contribution in [3.05, 3.63) is 215 Å². The number of carbonyl (C=O) groups is 4. The van der Waals surface area contributed by atoms with Crippen LogP contribution < -0.4 is 10.6 Å². The van der Waals surface area contributed by atoms with Gasteiger partial charge in [-0.2, -0.15) is 0 Å². The summed E-state index contributed by atoms with van der Waals surface area (Å²) in [4.78, 5) is 60.6. The third-order valence-electron chi connectivity index (χ3n) is 11.8. The number of nitrogens with zero attached hydrogens (tertiary/aromatic N) is 2. The van der Waals surface area contributed by atoms with Gasteiger partial charge in [0, 0.05) is 18.1 Å². The van der Waals surface area contributed by atoms with Gasteiger partial charge in [0.25, 0.3) is 0 Å². The number of nitrogens with one attached hydrogen (secondary N) is 2. The molecule has 0 aliphatic carbocycles. The first-order valence-electron chi connectivity index (χ1n) is 22.5. The third-order valence-corrected chi connectivity index (χ3v) is 15.1. The van der Waals surface area contributed by atoms with Gasteiger partial charge in [0.05, 0.1) is 22.6 Å². The molecule has 66 heavy (non-hydrogen) atoms. The van der Waals surface area contributed by atoms with Crippen LogP contribution in [0.25, 0.3) is 0 Å². The monoisotopic (exact) mass is 918 g/mol. The van der Waals surface area contributed by atoms with E-state index in [1.54, 1.807) is 54.3 Å². The molecule has 340 valence electrons. The Morgan fingerprint density at radius 3 is 1.30 bits per heavy atom. The zero-order valence-electron chi connectivity index (χ0n) is 37.8. The summed E-state index contributed by atoms with van der Waals surface area (Å²) in [7, 11) is 3.61. The fraction of sp³-hybridized carbons (Fsp3) is 0.273. The molecule has 3 atom stereocenters. The third kappa shape index (κ3) is 10.9. The highest BCUT2D eigenvalue weighted by molar-refractivity contribution is 8.01. The first-order valence-corrected chi connectivity index (χ1v) is 24.5. The predicted molar refractivity (Wildman–Crippen MR) is 267 cm³/mol. The Morgan fingerprint density at radius 1 is 0.591 bits per heavy atom. The molecule has 3 amide bonds. The van der Waals surface area contributed by atoms with Crippen LogP contribution in [0.2, 0.25) is 0 Å². The van der Waals surface area contributed by atoms with Crippen LogP contribution in [-0.2, 0) is 33.4 Å². The molecule has 0 bridgehead atoms. The minimum Gasteiger partial charge on any atom is -0.464 e. The maximum absolute atomic E-state index is 15.1. The second kappa shape index (κ2) is 22.9. The number of hydrogen-bond acceptors (Lipinski definition) is 8. The van der Waals surface area contributed by atoms with Crippen molar-refractivity contribution in [2.45, 2.75) is 47.4 Å². The van der Waals surface area contributed by atoms with Gasteiger partial charge in [0.2, 0.25) is 17.7 Å². The van der Waals surface area contributed by atoms with Crippen molar-refractivity contribution in [3.63, 3.8) is 0 Å². The second-order valence-electron chi connectivity index (χ2n) is 16.5. The van der Waals surface area contributed by atoms with Crippen LogP contribution in [0.4, 0.5) is 0 Å². The van der Waals surface area contributed by atoms with Gasteiger partial charge in [0.1, 0.15) is 18.1 Å². The lowest BCUT2D eigenvalue weighted by Crippen LogP contribution is -2.57. The fourth-order valence-corrected chi connectivity index (χ4v) is 11.9. The molecule has 1 heterocycles. The molecule has 3 unspecified atom stereocenters. The van der Waals surface area contributed by atoms with Crippen molar-refractivity contribution < 1.29 is 23.9 Å². The Labute approximate surface area is 397 Å².